The molecule has 0 bridgehead atoms. The van der Waals surface area contributed by atoms with Crippen LogP contribution in [0.15, 0.2) is 14.5 Å². The lowest BCUT2D eigenvalue weighted by Gasteiger charge is -2.12. The Morgan fingerprint density at radius 2 is 2.25 bits per heavy atom. The van der Waals surface area contributed by atoms with Gasteiger partial charge < -0.3 is 9.84 Å². The number of thiazole rings is 1. The summed E-state index contributed by atoms with van der Waals surface area (Å²) < 4.78 is 6.00. The van der Waals surface area contributed by atoms with E-state index < -0.39 is 0 Å². The minimum absolute atomic E-state index is 0.143. The molecule has 0 amide bonds. The van der Waals surface area contributed by atoms with E-state index >= 15 is 0 Å². The number of nitrogens with zero attached hydrogens (tertiary/aromatic N) is 2. The standard InChI is InChI=1S/C10H12BrN3OS/c1-5(9-6(2)14-15-7(9)3)12-10-13-8(11)4-16-10/h4-5H,1-3H3,(H,12,13). The van der Waals surface area contributed by atoms with Gasteiger partial charge in [-0.1, -0.05) is 5.16 Å². The van der Waals surface area contributed by atoms with Crippen LogP contribution >= 0.6 is 27.3 Å². The topological polar surface area (TPSA) is 51.0 Å². The number of anilines is 1. The summed E-state index contributed by atoms with van der Waals surface area (Å²) in [4.78, 5) is 4.29. The molecule has 0 aromatic carbocycles. The second kappa shape index (κ2) is 4.55. The fraction of sp³-hybridized carbons (Fsp3) is 0.400. The van der Waals surface area contributed by atoms with Crippen LogP contribution in [0.2, 0.25) is 0 Å². The fourth-order valence-corrected chi connectivity index (χ4v) is 2.92. The van der Waals surface area contributed by atoms with Crippen molar-refractivity contribution in [3.63, 3.8) is 0 Å². The molecular weight excluding hydrogens is 290 g/mol. The Bertz CT molecular complexity index is 474. The van der Waals surface area contributed by atoms with E-state index in [9.17, 15) is 0 Å². The third kappa shape index (κ3) is 2.27. The van der Waals surface area contributed by atoms with E-state index in [2.05, 4.69) is 38.3 Å². The summed E-state index contributed by atoms with van der Waals surface area (Å²) in [5, 5.41) is 10.1. The van der Waals surface area contributed by atoms with Crippen molar-refractivity contribution in [1.29, 1.82) is 0 Å². The molecule has 86 valence electrons. The van der Waals surface area contributed by atoms with Crippen molar-refractivity contribution in [3.8, 4) is 0 Å². The van der Waals surface area contributed by atoms with Crippen LogP contribution in [0.1, 0.15) is 30.0 Å². The summed E-state index contributed by atoms with van der Waals surface area (Å²) >= 11 is 4.89. The maximum Gasteiger partial charge on any atom is 0.184 e. The predicted octanol–water partition coefficient (Wildman–Crippen LogP) is 3.68. The average Bonchev–Trinajstić information content (AvgIpc) is 2.74. The van der Waals surface area contributed by atoms with Crippen molar-refractivity contribution in [1.82, 2.24) is 10.1 Å². The van der Waals surface area contributed by atoms with Crippen LogP contribution in [0.25, 0.3) is 0 Å². The zero-order valence-electron chi connectivity index (χ0n) is 9.24. The first kappa shape index (κ1) is 11.6. The highest BCUT2D eigenvalue weighted by Crippen LogP contribution is 2.27. The van der Waals surface area contributed by atoms with Gasteiger partial charge in [-0.2, -0.15) is 0 Å². The summed E-state index contributed by atoms with van der Waals surface area (Å²) in [5.74, 6) is 0.855. The van der Waals surface area contributed by atoms with Gasteiger partial charge in [0.05, 0.1) is 11.7 Å². The van der Waals surface area contributed by atoms with Gasteiger partial charge in [0.25, 0.3) is 0 Å². The highest BCUT2D eigenvalue weighted by Gasteiger charge is 2.16. The molecule has 1 N–H and O–H groups in total. The molecule has 2 heterocycles. The quantitative estimate of drug-likeness (QED) is 0.939. The Hall–Kier alpha value is -0.880. The number of nitrogens with one attached hydrogen (secondary N) is 1. The zero-order valence-corrected chi connectivity index (χ0v) is 11.6. The van der Waals surface area contributed by atoms with Gasteiger partial charge in [0.2, 0.25) is 0 Å². The maximum atomic E-state index is 5.14. The van der Waals surface area contributed by atoms with E-state index in [1.54, 1.807) is 11.3 Å². The minimum atomic E-state index is 0.143. The Morgan fingerprint density at radius 3 is 2.75 bits per heavy atom. The molecule has 2 aromatic rings. The first-order valence-corrected chi connectivity index (χ1v) is 6.55. The molecule has 4 nitrogen and oxygen atoms in total. The lowest BCUT2D eigenvalue weighted by molar-refractivity contribution is 0.392. The van der Waals surface area contributed by atoms with Crippen molar-refractivity contribution in [3.05, 3.63) is 27.0 Å². The number of hydrogen-bond acceptors (Lipinski definition) is 5. The minimum Gasteiger partial charge on any atom is -0.361 e. The van der Waals surface area contributed by atoms with Crippen LogP contribution in [0.5, 0.6) is 0 Å². The third-order valence-electron chi connectivity index (χ3n) is 2.34. The number of aryl methyl sites for hydroxylation is 2. The molecular formula is C10H12BrN3OS. The number of hydrogen-bond donors (Lipinski definition) is 1. The molecule has 0 spiro atoms. The van der Waals surface area contributed by atoms with Crippen molar-refractivity contribution in [2.45, 2.75) is 26.8 Å². The predicted molar refractivity (Wildman–Crippen MR) is 67.8 cm³/mol. The van der Waals surface area contributed by atoms with E-state index in [1.165, 1.54) is 0 Å². The maximum absolute atomic E-state index is 5.14. The molecule has 6 heteroatoms. The Morgan fingerprint density at radius 1 is 1.50 bits per heavy atom. The van der Waals surface area contributed by atoms with Crippen molar-refractivity contribution < 1.29 is 4.52 Å². The van der Waals surface area contributed by atoms with Crippen LogP contribution in [-0.4, -0.2) is 10.1 Å². The van der Waals surface area contributed by atoms with E-state index in [1.807, 2.05) is 19.2 Å². The van der Waals surface area contributed by atoms with Gasteiger partial charge in [0.1, 0.15) is 10.4 Å². The molecule has 0 saturated heterocycles. The van der Waals surface area contributed by atoms with E-state index in [0.29, 0.717) is 0 Å². The van der Waals surface area contributed by atoms with Gasteiger partial charge in [-0.3, -0.25) is 0 Å². The smallest absolute Gasteiger partial charge is 0.184 e. The number of halogens is 1. The van der Waals surface area contributed by atoms with E-state index in [4.69, 9.17) is 4.52 Å². The summed E-state index contributed by atoms with van der Waals surface area (Å²) in [6.07, 6.45) is 0. The van der Waals surface area contributed by atoms with Gasteiger partial charge in [-0.05, 0) is 36.7 Å². The summed E-state index contributed by atoms with van der Waals surface area (Å²) in [7, 11) is 0. The molecule has 2 rings (SSSR count). The lowest BCUT2D eigenvalue weighted by atomic mass is 10.1. The molecule has 0 fully saturated rings. The van der Waals surface area contributed by atoms with Crippen molar-refractivity contribution >= 4 is 32.4 Å². The SMILES string of the molecule is Cc1noc(C)c1C(C)Nc1nc(Br)cs1. The Kier molecular flexibility index (Phi) is 3.30. The molecule has 1 unspecified atom stereocenters. The van der Waals surface area contributed by atoms with E-state index in [-0.39, 0.29) is 6.04 Å². The van der Waals surface area contributed by atoms with Crippen LogP contribution in [0.4, 0.5) is 5.13 Å². The molecule has 0 radical (unpaired) electrons. The Labute approximate surface area is 106 Å². The lowest BCUT2D eigenvalue weighted by Crippen LogP contribution is -2.08. The van der Waals surface area contributed by atoms with Gasteiger partial charge >= 0.3 is 0 Å². The molecule has 0 aliphatic rings. The van der Waals surface area contributed by atoms with Gasteiger partial charge in [-0.15, -0.1) is 11.3 Å². The summed E-state index contributed by atoms with van der Waals surface area (Å²) in [5.41, 5.74) is 2.03. The second-order valence-corrected chi connectivity index (χ2v) is 5.25. The van der Waals surface area contributed by atoms with Gasteiger partial charge in [0, 0.05) is 10.9 Å². The molecule has 16 heavy (non-hydrogen) atoms. The molecule has 0 aliphatic carbocycles. The highest BCUT2D eigenvalue weighted by molar-refractivity contribution is 9.10. The van der Waals surface area contributed by atoms with Gasteiger partial charge in [-0.25, -0.2) is 4.98 Å². The number of rotatable bonds is 3. The molecule has 1 atom stereocenters. The van der Waals surface area contributed by atoms with Crippen LogP contribution in [0.3, 0.4) is 0 Å². The van der Waals surface area contributed by atoms with Crippen LogP contribution in [0, 0.1) is 13.8 Å². The normalized spacial score (nSPS) is 12.8. The third-order valence-corrected chi connectivity index (χ3v) is 3.82. The first-order chi connectivity index (χ1) is 7.58. The largest absolute Gasteiger partial charge is 0.361 e. The van der Waals surface area contributed by atoms with Gasteiger partial charge in [0.15, 0.2) is 5.13 Å². The van der Waals surface area contributed by atoms with Crippen LogP contribution in [-0.2, 0) is 0 Å². The highest BCUT2D eigenvalue weighted by atomic mass is 79.9. The molecule has 0 saturated carbocycles. The monoisotopic (exact) mass is 301 g/mol. The number of aromatic nitrogens is 2. The first-order valence-electron chi connectivity index (χ1n) is 4.88. The second-order valence-electron chi connectivity index (χ2n) is 3.58. The van der Waals surface area contributed by atoms with Crippen molar-refractivity contribution in [2.75, 3.05) is 5.32 Å². The van der Waals surface area contributed by atoms with Crippen molar-refractivity contribution in [2.24, 2.45) is 0 Å². The summed E-state index contributed by atoms with van der Waals surface area (Å²) in [6.45, 7) is 5.94. The fourth-order valence-electron chi connectivity index (χ4n) is 1.69. The zero-order chi connectivity index (χ0) is 11.7. The average molecular weight is 302 g/mol. The Balaban J connectivity index is 2.17. The molecule has 2 aromatic heterocycles. The van der Waals surface area contributed by atoms with E-state index in [0.717, 1.165) is 26.8 Å². The van der Waals surface area contributed by atoms with Crippen LogP contribution < -0.4 is 5.32 Å². The molecule has 0 aliphatic heterocycles. The summed E-state index contributed by atoms with van der Waals surface area (Å²) in [6, 6.07) is 0.143.